The summed E-state index contributed by atoms with van der Waals surface area (Å²) >= 11 is 0. The molecule has 0 spiro atoms. The van der Waals surface area contributed by atoms with E-state index < -0.39 is 18.0 Å². The topological polar surface area (TPSA) is 98.2 Å². The van der Waals surface area contributed by atoms with Crippen LogP contribution in [0.3, 0.4) is 0 Å². The first kappa shape index (κ1) is 22.7. The van der Waals surface area contributed by atoms with Crippen LogP contribution in [0, 0.1) is 5.92 Å². The smallest absolute Gasteiger partial charge is 0.240 e. The highest BCUT2D eigenvalue weighted by Gasteiger charge is 2.26. The first-order chi connectivity index (χ1) is 12.4. The predicted molar refractivity (Wildman–Crippen MR) is 111 cm³/mol. The third kappa shape index (κ3) is 6.38. The van der Waals surface area contributed by atoms with Crippen LogP contribution in [-0.4, -0.2) is 23.9 Å². The first-order valence-corrected chi connectivity index (χ1v) is 8.92. The van der Waals surface area contributed by atoms with E-state index in [0.717, 1.165) is 23.1 Å². The first-order valence-electron chi connectivity index (χ1n) is 8.92. The quantitative estimate of drug-likeness (QED) is 0.647. The average Bonchev–Trinajstić information content (AvgIpc) is 2.66. The third-order valence-corrected chi connectivity index (χ3v) is 4.67. The van der Waals surface area contributed by atoms with Crippen LogP contribution in [0.1, 0.15) is 25.8 Å². The summed E-state index contributed by atoms with van der Waals surface area (Å²) in [7, 11) is 0. The minimum atomic E-state index is -0.733. The molecule has 27 heavy (non-hydrogen) atoms. The summed E-state index contributed by atoms with van der Waals surface area (Å²) in [6.07, 6.45) is 1.14. The maximum absolute atomic E-state index is 12.3. The summed E-state index contributed by atoms with van der Waals surface area (Å²) in [5.41, 5.74) is 14.6. The molecule has 0 saturated carbocycles. The van der Waals surface area contributed by atoms with Crippen molar-refractivity contribution in [2.45, 2.75) is 38.8 Å². The molecular weight excluding hydrogens is 362 g/mol. The highest BCUT2D eigenvalue weighted by atomic mass is 35.5. The number of nitrogens with two attached hydrogens (primary N) is 2. The molecule has 2 rings (SSSR count). The zero-order valence-electron chi connectivity index (χ0n) is 15.7. The number of primary amides is 1. The Kier molecular flexibility index (Phi) is 8.98. The number of nitrogens with one attached hydrogen (secondary N) is 1. The van der Waals surface area contributed by atoms with Gasteiger partial charge in [0.25, 0.3) is 0 Å². The molecular formula is C21H28ClN3O2. The van der Waals surface area contributed by atoms with Gasteiger partial charge in [-0.1, -0.05) is 74.9 Å². The van der Waals surface area contributed by atoms with E-state index in [-0.39, 0.29) is 24.2 Å². The molecule has 0 saturated heterocycles. The number of halogens is 1. The molecule has 2 aromatic carbocycles. The van der Waals surface area contributed by atoms with Crippen molar-refractivity contribution in [2.24, 2.45) is 17.4 Å². The van der Waals surface area contributed by atoms with E-state index in [4.69, 9.17) is 11.5 Å². The van der Waals surface area contributed by atoms with Crippen LogP contribution in [0.4, 0.5) is 0 Å². The second-order valence-electron chi connectivity index (χ2n) is 6.65. The van der Waals surface area contributed by atoms with Gasteiger partial charge in [0.1, 0.15) is 6.04 Å². The van der Waals surface area contributed by atoms with Gasteiger partial charge in [-0.25, -0.2) is 0 Å². The third-order valence-electron chi connectivity index (χ3n) is 4.67. The Labute approximate surface area is 166 Å². The summed E-state index contributed by atoms with van der Waals surface area (Å²) in [6, 6.07) is 16.6. The normalized spacial score (nSPS) is 13.7. The lowest BCUT2D eigenvalue weighted by molar-refractivity contribution is -0.129. The van der Waals surface area contributed by atoms with Crippen molar-refractivity contribution < 1.29 is 9.59 Å². The van der Waals surface area contributed by atoms with Crippen molar-refractivity contribution >= 4 is 24.2 Å². The van der Waals surface area contributed by atoms with E-state index in [1.807, 2.05) is 68.4 Å². The number of carbonyl (C=O) groups excluding carboxylic acids is 2. The van der Waals surface area contributed by atoms with Gasteiger partial charge in [-0.05, 0) is 29.0 Å². The van der Waals surface area contributed by atoms with Crippen molar-refractivity contribution in [2.75, 3.05) is 0 Å². The number of hydrogen-bond acceptors (Lipinski definition) is 3. The Morgan fingerprint density at radius 3 is 2.07 bits per heavy atom. The van der Waals surface area contributed by atoms with E-state index in [0.29, 0.717) is 6.42 Å². The molecule has 2 aromatic rings. The molecule has 3 atom stereocenters. The molecule has 0 aliphatic carbocycles. The van der Waals surface area contributed by atoms with Crippen molar-refractivity contribution in [3.8, 4) is 11.1 Å². The Balaban J connectivity index is 0.00000364. The average molecular weight is 390 g/mol. The minimum absolute atomic E-state index is 0. The lowest BCUT2D eigenvalue weighted by Gasteiger charge is -2.23. The van der Waals surface area contributed by atoms with E-state index in [9.17, 15) is 9.59 Å². The molecule has 0 fully saturated rings. The number of carbonyl (C=O) groups is 2. The minimum Gasteiger partial charge on any atom is -0.368 e. The SMILES string of the molecule is CC[C@H](C)[C@H](NC(=O)C(N)Cc1ccc(-c2ccccc2)cc1)C(N)=O.Cl. The predicted octanol–water partition coefficient (Wildman–Crippen LogP) is 2.66. The zero-order valence-corrected chi connectivity index (χ0v) is 16.5. The van der Waals surface area contributed by atoms with Gasteiger partial charge in [0.2, 0.25) is 11.8 Å². The summed E-state index contributed by atoms with van der Waals surface area (Å²) in [6.45, 7) is 3.82. The van der Waals surface area contributed by atoms with E-state index in [2.05, 4.69) is 5.32 Å². The Morgan fingerprint density at radius 1 is 1.00 bits per heavy atom. The van der Waals surface area contributed by atoms with Gasteiger partial charge in [-0.15, -0.1) is 12.4 Å². The van der Waals surface area contributed by atoms with Gasteiger partial charge in [-0.3, -0.25) is 9.59 Å². The number of hydrogen-bond donors (Lipinski definition) is 3. The molecule has 6 heteroatoms. The van der Waals surface area contributed by atoms with Crippen LogP contribution in [0.25, 0.3) is 11.1 Å². The van der Waals surface area contributed by atoms with Gasteiger partial charge in [0.15, 0.2) is 0 Å². The molecule has 0 heterocycles. The molecule has 5 nitrogen and oxygen atoms in total. The van der Waals surface area contributed by atoms with E-state index in [1.54, 1.807) is 0 Å². The molecule has 146 valence electrons. The van der Waals surface area contributed by atoms with Gasteiger partial charge in [0, 0.05) is 0 Å². The van der Waals surface area contributed by atoms with Crippen LogP contribution >= 0.6 is 12.4 Å². The monoisotopic (exact) mass is 389 g/mol. The van der Waals surface area contributed by atoms with E-state index >= 15 is 0 Å². The standard InChI is InChI=1S/C21H27N3O2.ClH/c1-3-14(2)19(20(23)25)24-21(26)18(22)13-15-9-11-17(12-10-15)16-7-5-4-6-8-16;/h4-12,14,18-19H,3,13,22H2,1-2H3,(H2,23,25)(H,24,26);1H/t14-,18?,19-;/m0./s1. The van der Waals surface area contributed by atoms with Crippen molar-refractivity contribution in [1.82, 2.24) is 5.32 Å². The van der Waals surface area contributed by atoms with Crippen molar-refractivity contribution in [1.29, 1.82) is 0 Å². The Bertz CT molecular complexity index is 735. The molecule has 2 amide bonds. The highest BCUT2D eigenvalue weighted by Crippen LogP contribution is 2.19. The van der Waals surface area contributed by atoms with Gasteiger partial charge < -0.3 is 16.8 Å². The molecule has 0 aromatic heterocycles. The molecule has 0 radical (unpaired) electrons. The summed E-state index contributed by atoms with van der Waals surface area (Å²) in [5.74, 6) is -0.929. The van der Waals surface area contributed by atoms with Crippen LogP contribution < -0.4 is 16.8 Å². The number of amides is 2. The Hall–Kier alpha value is -2.37. The maximum atomic E-state index is 12.3. The summed E-state index contributed by atoms with van der Waals surface area (Å²) < 4.78 is 0. The lowest BCUT2D eigenvalue weighted by Crippen LogP contribution is -2.53. The highest BCUT2D eigenvalue weighted by molar-refractivity contribution is 5.89. The maximum Gasteiger partial charge on any atom is 0.240 e. The number of rotatable bonds is 8. The summed E-state index contributed by atoms with van der Waals surface area (Å²) in [5, 5.41) is 2.69. The van der Waals surface area contributed by atoms with Gasteiger partial charge in [0.05, 0.1) is 6.04 Å². The second kappa shape index (κ2) is 10.7. The summed E-state index contributed by atoms with van der Waals surface area (Å²) in [4.78, 5) is 23.9. The number of benzene rings is 2. The fraction of sp³-hybridized carbons (Fsp3) is 0.333. The fourth-order valence-corrected chi connectivity index (χ4v) is 2.80. The molecule has 0 aliphatic heterocycles. The van der Waals surface area contributed by atoms with Crippen LogP contribution in [-0.2, 0) is 16.0 Å². The van der Waals surface area contributed by atoms with Crippen LogP contribution in [0.2, 0.25) is 0 Å². The van der Waals surface area contributed by atoms with Crippen molar-refractivity contribution in [3.05, 3.63) is 60.2 Å². The van der Waals surface area contributed by atoms with Gasteiger partial charge in [-0.2, -0.15) is 0 Å². The van der Waals surface area contributed by atoms with Gasteiger partial charge >= 0.3 is 0 Å². The van der Waals surface area contributed by atoms with Crippen LogP contribution in [0.5, 0.6) is 0 Å². The molecule has 0 bridgehead atoms. The van der Waals surface area contributed by atoms with Crippen molar-refractivity contribution in [3.63, 3.8) is 0 Å². The molecule has 5 N–H and O–H groups in total. The van der Waals surface area contributed by atoms with E-state index in [1.165, 1.54) is 0 Å². The van der Waals surface area contributed by atoms with Crippen LogP contribution in [0.15, 0.2) is 54.6 Å². The lowest BCUT2D eigenvalue weighted by atomic mass is 9.97. The molecule has 1 unspecified atom stereocenters. The zero-order chi connectivity index (χ0) is 19.1. The largest absolute Gasteiger partial charge is 0.368 e. The Morgan fingerprint density at radius 2 is 1.56 bits per heavy atom. The fourth-order valence-electron chi connectivity index (χ4n) is 2.80. The second-order valence-corrected chi connectivity index (χ2v) is 6.65. The molecule has 0 aliphatic rings.